The van der Waals surface area contributed by atoms with Crippen molar-refractivity contribution in [1.82, 2.24) is 14.9 Å². The topological polar surface area (TPSA) is 56.2 Å². The molecule has 202 valence electrons. The van der Waals surface area contributed by atoms with Gasteiger partial charge in [-0.15, -0.1) is 0 Å². The molecule has 0 aliphatic rings. The first-order valence-corrected chi connectivity index (χ1v) is 14.6. The maximum atomic E-state index is 12.0. The van der Waals surface area contributed by atoms with Gasteiger partial charge in [0.2, 0.25) is 0 Å². The number of hydrogen-bond acceptors (Lipinski definition) is 3. The van der Waals surface area contributed by atoms with E-state index in [0.717, 1.165) is 37.7 Å². The highest BCUT2D eigenvalue weighted by atomic mass is 35.5. The van der Waals surface area contributed by atoms with Gasteiger partial charge in [0.25, 0.3) is 5.91 Å². The molecule has 0 saturated heterocycles. The van der Waals surface area contributed by atoms with Crippen LogP contribution in [0.4, 0.5) is 0 Å². The lowest BCUT2D eigenvalue weighted by molar-refractivity contribution is -0.123. The number of aromatic nitrogens is 2. The zero-order valence-electron chi connectivity index (χ0n) is 22.5. The van der Waals surface area contributed by atoms with E-state index < -0.39 is 0 Å². The van der Waals surface area contributed by atoms with Crippen LogP contribution in [-0.2, 0) is 17.8 Å². The Balaban J connectivity index is 1.32. The first kappa shape index (κ1) is 29.0. The normalized spacial score (nSPS) is 11.2. The van der Waals surface area contributed by atoms with Crippen LogP contribution in [0.5, 0.6) is 5.75 Å². The van der Waals surface area contributed by atoms with Crippen molar-refractivity contribution in [3.63, 3.8) is 0 Å². The Morgan fingerprint density at radius 2 is 1.54 bits per heavy atom. The van der Waals surface area contributed by atoms with Crippen molar-refractivity contribution in [3.05, 3.63) is 59.4 Å². The number of carbonyl (C=O) groups excluding carboxylic acids is 1. The Kier molecular flexibility index (Phi) is 13.4. The molecule has 0 bridgehead atoms. The Bertz CT molecular complexity index is 1050. The van der Waals surface area contributed by atoms with Crippen molar-refractivity contribution in [2.45, 2.75) is 96.9 Å². The second-order valence-electron chi connectivity index (χ2n) is 9.90. The number of para-hydroxylation sites is 2. The van der Waals surface area contributed by atoms with Crippen LogP contribution in [-0.4, -0.2) is 28.6 Å². The first-order valence-electron chi connectivity index (χ1n) is 14.3. The molecule has 37 heavy (non-hydrogen) atoms. The largest absolute Gasteiger partial charge is 0.484 e. The molecule has 0 aliphatic heterocycles. The number of imidazole rings is 1. The number of amides is 1. The Hall–Kier alpha value is -2.53. The van der Waals surface area contributed by atoms with Gasteiger partial charge < -0.3 is 14.6 Å². The van der Waals surface area contributed by atoms with E-state index in [2.05, 4.69) is 41.1 Å². The van der Waals surface area contributed by atoms with Gasteiger partial charge in [0, 0.05) is 24.5 Å². The lowest BCUT2D eigenvalue weighted by Gasteiger charge is -2.10. The van der Waals surface area contributed by atoms with Crippen LogP contribution in [0.25, 0.3) is 11.0 Å². The smallest absolute Gasteiger partial charge is 0.257 e. The van der Waals surface area contributed by atoms with Crippen molar-refractivity contribution in [2.24, 2.45) is 0 Å². The predicted octanol–water partition coefficient (Wildman–Crippen LogP) is 8.13. The van der Waals surface area contributed by atoms with Gasteiger partial charge in [-0.25, -0.2) is 4.98 Å². The predicted molar refractivity (Wildman–Crippen MR) is 154 cm³/mol. The van der Waals surface area contributed by atoms with Crippen LogP contribution in [0.15, 0.2) is 48.5 Å². The third-order valence-corrected chi connectivity index (χ3v) is 7.05. The lowest BCUT2D eigenvalue weighted by atomic mass is 10.1. The summed E-state index contributed by atoms with van der Waals surface area (Å²) >= 11 is 5.87. The molecule has 0 unspecified atom stereocenters. The standard InChI is InChI=1S/C31H44ClN3O2/c1-2-3-4-5-6-7-8-9-15-24-35-29-17-13-12-16-28(29)34-30(35)18-11-10-14-23-33-31(36)25-37-27-21-19-26(32)20-22-27/h12-13,16-17,19-22H,2-11,14-15,18,23-25H2,1H3,(H,33,36). The fraction of sp³-hybridized carbons (Fsp3) is 0.548. The molecule has 0 atom stereocenters. The molecule has 1 N–H and O–H groups in total. The van der Waals surface area contributed by atoms with Crippen LogP contribution in [0.2, 0.25) is 5.02 Å². The number of nitrogens with zero attached hydrogens (tertiary/aromatic N) is 2. The maximum Gasteiger partial charge on any atom is 0.257 e. The third-order valence-electron chi connectivity index (χ3n) is 6.80. The van der Waals surface area contributed by atoms with E-state index in [4.69, 9.17) is 21.3 Å². The molecular formula is C31H44ClN3O2. The number of halogens is 1. The molecule has 6 heteroatoms. The highest BCUT2D eigenvalue weighted by molar-refractivity contribution is 6.30. The fourth-order valence-corrected chi connectivity index (χ4v) is 4.82. The van der Waals surface area contributed by atoms with Gasteiger partial charge in [-0.1, -0.05) is 88.4 Å². The summed E-state index contributed by atoms with van der Waals surface area (Å²) in [7, 11) is 0. The summed E-state index contributed by atoms with van der Waals surface area (Å²) in [5.74, 6) is 1.74. The minimum Gasteiger partial charge on any atom is -0.484 e. The number of ether oxygens (including phenoxy) is 1. The Morgan fingerprint density at radius 1 is 0.865 bits per heavy atom. The van der Waals surface area contributed by atoms with Crippen molar-refractivity contribution >= 4 is 28.5 Å². The van der Waals surface area contributed by atoms with Gasteiger partial charge in [0.15, 0.2) is 6.61 Å². The van der Waals surface area contributed by atoms with Gasteiger partial charge in [0.05, 0.1) is 11.0 Å². The summed E-state index contributed by atoms with van der Waals surface area (Å²) in [4.78, 5) is 17.0. The monoisotopic (exact) mass is 525 g/mol. The second-order valence-corrected chi connectivity index (χ2v) is 10.3. The molecule has 2 aromatic carbocycles. The van der Waals surface area contributed by atoms with Gasteiger partial charge in [0.1, 0.15) is 11.6 Å². The number of fused-ring (bicyclic) bond motifs is 1. The molecule has 0 aliphatic carbocycles. The number of unbranched alkanes of at least 4 members (excludes halogenated alkanes) is 10. The number of benzene rings is 2. The number of hydrogen-bond donors (Lipinski definition) is 1. The molecule has 3 rings (SSSR count). The van der Waals surface area contributed by atoms with Crippen LogP contribution in [0.3, 0.4) is 0 Å². The average molecular weight is 526 g/mol. The van der Waals surface area contributed by atoms with E-state index in [-0.39, 0.29) is 12.5 Å². The molecule has 1 heterocycles. The molecule has 5 nitrogen and oxygen atoms in total. The molecule has 0 spiro atoms. The minimum atomic E-state index is -0.0993. The van der Waals surface area contributed by atoms with Crippen molar-refractivity contribution in [2.75, 3.05) is 13.2 Å². The summed E-state index contributed by atoms with van der Waals surface area (Å²) in [6, 6.07) is 15.5. The highest BCUT2D eigenvalue weighted by Crippen LogP contribution is 2.20. The lowest BCUT2D eigenvalue weighted by Crippen LogP contribution is -2.29. The molecule has 0 saturated carbocycles. The van der Waals surface area contributed by atoms with Crippen molar-refractivity contribution in [1.29, 1.82) is 0 Å². The van der Waals surface area contributed by atoms with Crippen LogP contribution in [0.1, 0.15) is 89.8 Å². The minimum absolute atomic E-state index is 0.0184. The molecular weight excluding hydrogens is 482 g/mol. The van der Waals surface area contributed by atoms with Gasteiger partial charge in [-0.3, -0.25) is 4.79 Å². The zero-order valence-corrected chi connectivity index (χ0v) is 23.3. The van der Waals surface area contributed by atoms with Crippen LogP contribution >= 0.6 is 11.6 Å². The van der Waals surface area contributed by atoms with Gasteiger partial charge >= 0.3 is 0 Å². The van der Waals surface area contributed by atoms with E-state index in [0.29, 0.717) is 17.3 Å². The van der Waals surface area contributed by atoms with E-state index in [9.17, 15) is 4.79 Å². The Morgan fingerprint density at radius 3 is 2.30 bits per heavy atom. The quantitative estimate of drug-likeness (QED) is 0.161. The summed E-state index contributed by atoms with van der Waals surface area (Å²) < 4.78 is 7.93. The fourth-order valence-electron chi connectivity index (χ4n) is 4.69. The van der Waals surface area contributed by atoms with E-state index in [1.54, 1.807) is 24.3 Å². The van der Waals surface area contributed by atoms with E-state index in [1.165, 1.54) is 69.1 Å². The molecule has 0 radical (unpaired) electrons. The molecule has 1 aromatic heterocycles. The van der Waals surface area contributed by atoms with Crippen LogP contribution in [0, 0.1) is 0 Å². The number of nitrogens with one attached hydrogen (secondary N) is 1. The third kappa shape index (κ3) is 10.8. The number of rotatable bonds is 19. The maximum absolute atomic E-state index is 12.0. The summed E-state index contributed by atoms with van der Waals surface area (Å²) in [6.07, 6.45) is 16.1. The number of aryl methyl sites for hydroxylation is 2. The SMILES string of the molecule is CCCCCCCCCCCn1c(CCCCCNC(=O)COc2ccc(Cl)cc2)nc2ccccc21. The second kappa shape index (κ2) is 17.1. The van der Waals surface area contributed by atoms with Crippen LogP contribution < -0.4 is 10.1 Å². The highest BCUT2D eigenvalue weighted by Gasteiger charge is 2.10. The van der Waals surface area contributed by atoms with E-state index in [1.807, 2.05) is 0 Å². The summed E-state index contributed by atoms with van der Waals surface area (Å²) in [5, 5.41) is 3.59. The summed E-state index contributed by atoms with van der Waals surface area (Å²) in [5.41, 5.74) is 2.35. The zero-order chi connectivity index (χ0) is 26.1. The first-order chi connectivity index (χ1) is 18.2. The molecule has 0 fully saturated rings. The Labute approximate surface area is 228 Å². The van der Waals surface area contributed by atoms with E-state index >= 15 is 0 Å². The molecule has 3 aromatic rings. The van der Waals surface area contributed by atoms with Gasteiger partial charge in [-0.05, 0) is 55.7 Å². The number of carbonyl (C=O) groups is 1. The van der Waals surface area contributed by atoms with Crippen molar-refractivity contribution < 1.29 is 9.53 Å². The average Bonchev–Trinajstić information content (AvgIpc) is 3.26. The van der Waals surface area contributed by atoms with Crippen molar-refractivity contribution in [3.8, 4) is 5.75 Å². The van der Waals surface area contributed by atoms with Gasteiger partial charge in [-0.2, -0.15) is 0 Å². The summed E-state index contributed by atoms with van der Waals surface area (Å²) in [6.45, 7) is 4.01. The molecule has 1 amide bonds.